The Labute approximate surface area is 206 Å². The number of pyridine rings is 1. The average Bonchev–Trinajstić information content (AvgIpc) is 3.08. The van der Waals surface area contributed by atoms with E-state index >= 15 is 0 Å². The number of aromatic nitrogens is 1. The largest absolute Gasteiger partial charge is 3.00 e. The van der Waals surface area contributed by atoms with Gasteiger partial charge in [0.05, 0.1) is 5.52 Å². The van der Waals surface area contributed by atoms with Crippen LogP contribution in [0.3, 0.4) is 0 Å². The maximum Gasteiger partial charge on any atom is 3.00 e. The number of nitrogens with zero attached hydrogens (tertiary/aromatic N) is 1. The maximum atomic E-state index is 6.91. The van der Waals surface area contributed by atoms with E-state index < -0.39 is 7.38 Å². The maximum absolute atomic E-state index is 6.91. The van der Waals surface area contributed by atoms with Crippen molar-refractivity contribution in [3.63, 3.8) is 0 Å². The molecular weight excluding hydrogens is 489 g/mol. The Kier molecular flexibility index (Phi) is 7.86. The van der Waals surface area contributed by atoms with E-state index in [1.54, 1.807) is 0 Å². The van der Waals surface area contributed by atoms with Gasteiger partial charge in [0.2, 0.25) is 0 Å². The molecule has 1 heterocycles. The molecule has 1 aliphatic rings. The molecule has 0 fully saturated rings. The smallest absolute Gasteiger partial charge is 1.00 e. The van der Waals surface area contributed by atoms with Crippen LogP contribution in [0.5, 0.6) is 0 Å². The molecule has 1 atom stereocenters. The van der Waals surface area contributed by atoms with E-state index in [9.17, 15) is 0 Å². The van der Waals surface area contributed by atoms with Gasteiger partial charge < -0.3 is 24.8 Å². The fraction of sp³-hybridized carbons (Fsp3) is 0.125. The van der Waals surface area contributed by atoms with Crippen molar-refractivity contribution >= 4 is 45.3 Å². The van der Waals surface area contributed by atoms with E-state index in [-0.39, 0.29) is 48.1 Å². The molecule has 151 valence electrons. The van der Waals surface area contributed by atoms with Crippen LogP contribution in [0, 0.1) is 6.08 Å². The van der Waals surface area contributed by atoms with E-state index in [0.717, 1.165) is 10.9 Å². The van der Waals surface area contributed by atoms with Gasteiger partial charge in [0.1, 0.15) is 7.38 Å². The van der Waals surface area contributed by atoms with E-state index in [1.807, 2.05) is 12.3 Å². The summed E-state index contributed by atoms with van der Waals surface area (Å²) in [5.41, 5.74) is 4.84. The molecule has 0 amide bonds. The zero-order valence-electron chi connectivity index (χ0n) is 16.5. The Morgan fingerprint density at radius 2 is 1.57 bits per heavy atom. The van der Waals surface area contributed by atoms with Crippen molar-refractivity contribution in [2.75, 3.05) is 0 Å². The molecule has 5 rings (SSSR count). The first-order valence-corrected chi connectivity index (χ1v) is 13.2. The van der Waals surface area contributed by atoms with Crippen molar-refractivity contribution in [1.82, 2.24) is 4.98 Å². The van der Waals surface area contributed by atoms with Crippen LogP contribution in [-0.2, 0) is 17.4 Å². The van der Waals surface area contributed by atoms with Gasteiger partial charge in [-0.05, 0) is 22.4 Å². The number of halogens is 3. The molecule has 6 heteroatoms. The molecule has 4 aromatic rings. The van der Waals surface area contributed by atoms with Gasteiger partial charge in [0.25, 0.3) is 0 Å². The number of benzene rings is 3. The average molecular weight is 508 g/mol. The second-order valence-electron chi connectivity index (χ2n) is 7.60. The molecule has 1 nitrogen and oxygen atoms in total. The molecule has 1 unspecified atom stereocenters. The van der Waals surface area contributed by atoms with E-state index in [2.05, 4.69) is 79.8 Å². The Morgan fingerprint density at radius 1 is 0.867 bits per heavy atom. The zero-order valence-corrected chi connectivity index (χ0v) is 21.0. The predicted molar refractivity (Wildman–Crippen MR) is 118 cm³/mol. The van der Waals surface area contributed by atoms with Gasteiger partial charge in [-0.25, -0.2) is 5.20 Å². The topological polar surface area (TPSA) is 12.9 Å². The van der Waals surface area contributed by atoms with Gasteiger partial charge in [-0.1, -0.05) is 73.6 Å². The minimum absolute atomic E-state index is 0. The molecule has 0 bridgehead atoms. The number of para-hydroxylation sites is 1. The Morgan fingerprint density at radius 3 is 2.33 bits per heavy atom. The van der Waals surface area contributed by atoms with Crippen LogP contribution < -0.4 is 24.8 Å². The monoisotopic (exact) mass is 506 g/mol. The fourth-order valence-corrected chi connectivity index (χ4v) is 6.02. The molecule has 0 spiro atoms. The molecule has 0 saturated heterocycles. The first-order valence-electron chi connectivity index (χ1n) is 9.22. The number of hydrogen-bond donors (Lipinski definition) is 0. The van der Waals surface area contributed by atoms with Crippen LogP contribution in [0.4, 0.5) is 0 Å². The SMILES string of the molecule is C[Si](C)(Cl)C1=[C-]C(c2cccc3cccnc23)c2c1ccc1ccccc21.[Cl-].[Cl-].[Cr+3]. The number of rotatable bonds is 2. The summed E-state index contributed by atoms with van der Waals surface area (Å²) in [7, 11) is -2.05. The van der Waals surface area contributed by atoms with Gasteiger partial charge in [0.15, 0.2) is 0 Å². The minimum Gasteiger partial charge on any atom is -1.00 e. The van der Waals surface area contributed by atoms with E-state index in [0.29, 0.717) is 0 Å². The number of fused-ring (bicyclic) bond motifs is 4. The van der Waals surface area contributed by atoms with Gasteiger partial charge in [-0.2, -0.15) is 16.6 Å². The quantitative estimate of drug-likeness (QED) is 0.221. The van der Waals surface area contributed by atoms with Gasteiger partial charge in [0, 0.05) is 11.6 Å². The van der Waals surface area contributed by atoms with E-state index in [4.69, 9.17) is 16.1 Å². The third-order valence-corrected chi connectivity index (χ3v) is 7.56. The molecule has 1 radical (unpaired) electrons. The molecule has 0 aliphatic heterocycles. The number of allylic oxidation sites excluding steroid dienone is 1. The summed E-state index contributed by atoms with van der Waals surface area (Å²) in [6, 6.07) is 23.6. The van der Waals surface area contributed by atoms with Crippen LogP contribution in [0.25, 0.3) is 26.9 Å². The molecule has 1 aliphatic carbocycles. The van der Waals surface area contributed by atoms with Gasteiger partial charge in [-0.3, -0.25) is 11.1 Å². The van der Waals surface area contributed by atoms with Crippen molar-refractivity contribution in [3.8, 4) is 0 Å². The van der Waals surface area contributed by atoms with Crippen LogP contribution in [0.1, 0.15) is 22.6 Å². The molecule has 30 heavy (non-hydrogen) atoms. The van der Waals surface area contributed by atoms with Crippen molar-refractivity contribution in [2.45, 2.75) is 19.0 Å². The van der Waals surface area contributed by atoms with Crippen LogP contribution >= 0.6 is 11.1 Å². The van der Waals surface area contributed by atoms with Crippen LogP contribution in [0.2, 0.25) is 13.1 Å². The second kappa shape index (κ2) is 9.45. The van der Waals surface area contributed by atoms with Crippen LogP contribution in [0.15, 0.2) is 72.9 Å². The molecule has 3 aromatic carbocycles. The normalized spacial score (nSPS) is 14.9. The van der Waals surface area contributed by atoms with Gasteiger partial charge in [-0.15, -0.1) is 11.6 Å². The standard InChI is InChI=1S/C24H19ClNSi.2ClH.Cr/c1-27(2,25)22-15-21(19-11-5-8-17-9-6-14-26-24(17)19)23-18-10-4-3-7-16(18)12-13-20(22)23;;;/h3-14,21H,1-2H3;2*1H;/q-1;;;+3/p-2. The summed E-state index contributed by atoms with van der Waals surface area (Å²) in [6.07, 6.45) is 5.67. The van der Waals surface area contributed by atoms with E-state index in [1.165, 1.54) is 32.7 Å². The fourth-order valence-electron chi connectivity index (χ4n) is 4.20. The summed E-state index contributed by atoms with van der Waals surface area (Å²) < 4.78 is 0. The van der Waals surface area contributed by atoms with Crippen LogP contribution in [-0.4, -0.2) is 12.4 Å². The third-order valence-electron chi connectivity index (χ3n) is 5.39. The number of hydrogen-bond acceptors (Lipinski definition) is 1. The summed E-state index contributed by atoms with van der Waals surface area (Å²) >= 11 is 6.91. The summed E-state index contributed by atoms with van der Waals surface area (Å²) in [5.74, 6) is 0.0604. The zero-order chi connectivity index (χ0) is 18.6. The summed E-state index contributed by atoms with van der Waals surface area (Å²) in [4.78, 5) is 4.70. The van der Waals surface area contributed by atoms with Crippen molar-refractivity contribution < 1.29 is 42.2 Å². The van der Waals surface area contributed by atoms with Gasteiger partial charge >= 0.3 is 17.4 Å². The molecule has 0 N–H and O–H groups in total. The molecule has 1 aromatic heterocycles. The molecule has 0 saturated carbocycles. The molecular formula is C24H19Cl3CrNSi. The van der Waals surface area contributed by atoms with Crippen molar-refractivity contribution in [3.05, 3.63) is 95.7 Å². The minimum atomic E-state index is -2.05. The predicted octanol–water partition coefficient (Wildman–Crippen LogP) is 0.709. The second-order valence-corrected chi connectivity index (χ2v) is 13.9. The Bertz CT molecular complexity index is 1230. The third kappa shape index (κ3) is 4.08. The van der Waals surface area contributed by atoms with Crippen molar-refractivity contribution in [1.29, 1.82) is 0 Å². The summed E-state index contributed by atoms with van der Waals surface area (Å²) in [6.45, 7) is 4.36. The first-order chi connectivity index (χ1) is 13.0. The summed E-state index contributed by atoms with van der Waals surface area (Å²) in [5, 5.41) is 4.91. The Hall–Kier alpha value is -1.31. The first kappa shape index (κ1) is 25.0. The Balaban J connectivity index is 0.00000107. The van der Waals surface area contributed by atoms with Crippen molar-refractivity contribution in [2.24, 2.45) is 0 Å².